The highest BCUT2D eigenvalue weighted by molar-refractivity contribution is 7.89. The summed E-state index contributed by atoms with van der Waals surface area (Å²) in [7, 11) is -3.90. The molecule has 6 nitrogen and oxygen atoms in total. The molecular formula is C20H19ClN2O4S. The molecule has 8 heteroatoms. The number of carbonyl (C=O) groups is 1. The molecular weight excluding hydrogens is 400 g/mol. The van der Waals surface area contributed by atoms with Gasteiger partial charge >= 0.3 is 0 Å². The molecule has 1 fully saturated rings. The molecule has 2 heterocycles. The van der Waals surface area contributed by atoms with Crippen LogP contribution in [0.2, 0.25) is 5.02 Å². The second kappa shape index (κ2) is 7.58. The molecule has 1 saturated heterocycles. The molecule has 2 aromatic carbocycles. The average molecular weight is 419 g/mol. The number of hydrogen-bond donors (Lipinski definition) is 1. The summed E-state index contributed by atoms with van der Waals surface area (Å²) in [5, 5.41) is 3.97. The van der Waals surface area contributed by atoms with Crippen LogP contribution in [0.5, 0.6) is 0 Å². The first-order valence-corrected chi connectivity index (χ1v) is 10.8. The lowest BCUT2D eigenvalue weighted by molar-refractivity contribution is -0.124. The molecule has 1 atom stereocenters. The molecule has 0 spiro atoms. The molecule has 3 aromatic rings. The Labute approximate surface area is 168 Å². The first-order chi connectivity index (χ1) is 13.4. The molecule has 1 amide bonds. The van der Waals surface area contributed by atoms with Crippen molar-refractivity contribution in [3.8, 4) is 0 Å². The Morgan fingerprint density at radius 3 is 2.79 bits per heavy atom. The maximum absolute atomic E-state index is 13.1. The Balaban J connectivity index is 1.52. The second-order valence-electron chi connectivity index (χ2n) is 6.72. The van der Waals surface area contributed by atoms with E-state index in [4.69, 9.17) is 16.0 Å². The van der Waals surface area contributed by atoms with Crippen LogP contribution in [0.25, 0.3) is 11.0 Å². The summed E-state index contributed by atoms with van der Waals surface area (Å²) in [4.78, 5) is 12.7. The lowest BCUT2D eigenvalue weighted by Crippen LogP contribution is -2.45. The molecule has 146 valence electrons. The van der Waals surface area contributed by atoms with Crippen LogP contribution in [0.3, 0.4) is 0 Å². The Morgan fingerprint density at radius 1 is 1.18 bits per heavy atom. The number of nitrogens with zero attached hydrogens (tertiary/aromatic N) is 1. The summed E-state index contributed by atoms with van der Waals surface area (Å²) in [6.45, 7) is 0.572. The summed E-state index contributed by atoms with van der Waals surface area (Å²) in [6.07, 6.45) is 1.09. The number of sulfonamides is 1. The summed E-state index contributed by atoms with van der Waals surface area (Å²) in [5.41, 5.74) is 1.35. The van der Waals surface area contributed by atoms with Crippen molar-refractivity contribution in [2.24, 2.45) is 0 Å². The molecule has 1 aromatic heterocycles. The van der Waals surface area contributed by atoms with Crippen molar-refractivity contribution in [3.05, 3.63) is 65.2 Å². The molecule has 28 heavy (non-hydrogen) atoms. The zero-order chi connectivity index (χ0) is 19.7. The Bertz CT molecular complexity index is 1090. The fraction of sp³-hybridized carbons (Fsp3) is 0.250. The standard InChI is InChI=1S/C20H19ClN2O4S/c21-16-7-3-5-14(11-16)13-22-20(24)17-8-4-10-23(17)28(25,26)19-12-15-6-1-2-9-18(15)27-19/h1-3,5-7,9,11-12,17H,4,8,10,13H2,(H,22,24)/t17-/m0/s1. The number of benzene rings is 2. The third kappa shape index (κ3) is 3.65. The predicted octanol–water partition coefficient (Wildman–Crippen LogP) is 3.56. The van der Waals surface area contributed by atoms with Gasteiger partial charge in [-0.05, 0) is 36.6 Å². The highest BCUT2D eigenvalue weighted by Crippen LogP contribution is 2.30. The van der Waals surface area contributed by atoms with Crippen LogP contribution in [0.15, 0.2) is 64.1 Å². The number of halogens is 1. The molecule has 0 aliphatic carbocycles. The zero-order valence-corrected chi connectivity index (χ0v) is 16.5. The maximum Gasteiger partial charge on any atom is 0.277 e. The maximum atomic E-state index is 13.1. The summed E-state index contributed by atoms with van der Waals surface area (Å²) in [5.74, 6) is -0.322. The van der Waals surface area contributed by atoms with Gasteiger partial charge in [0.15, 0.2) is 0 Å². The molecule has 1 aliphatic heterocycles. The van der Waals surface area contributed by atoms with Crippen molar-refractivity contribution in [2.75, 3.05) is 6.54 Å². The van der Waals surface area contributed by atoms with E-state index in [9.17, 15) is 13.2 Å². The van der Waals surface area contributed by atoms with Gasteiger partial charge in [0, 0.05) is 29.6 Å². The van der Waals surface area contributed by atoms with Crippen molar-refractivity contribution in [3.63, 3.8) is 0 Å². The highest BCUT2D eigenvalue weighted by atomic mass is 35.5. The van der Waals surface area contributed by atoms with Crippen LogP contribution < -0.4 is 5.32 Å². The third-order valence-corrected chi connectivity index (χ3v) is 6.83. The molecule has 0 bridgehead atoms. The van der Waals surface area contributed by atoms with Crippen LogP contribution in [-0.4, -0.2) is 31.2 Å². The van der Waals surface area contributed by atoms with Crippen molar-refractivity contribution in [1.82, 2.24) is 9.62 Å². The minimum atomic E-state index is -3.90. The molecule has 0 saturated carbocycles. The number of rotatable bonds is 5. The summed E-state index contributed by atoms with van der Waals surface area (Å²) >= 11 is 5.96. The van der Waals surface area contributed by atoms with Crippen LogP contribution in [0, 0.1) is 0 Å². The lowest BCUT2D eigenvalue weighted by atomic mass is 10.2. The van der Waals surface area contributed by atoms with Crippen molar-refractivity contribution in [1.29, 1.82) is 0 Å². The molecule has 0 radical (unpaired) electrons. The fourth-order valence-corrected chi connectivity index (χ4v) is 5.26. The van der Waals surface area contributed by atoms with Crippen molar-refractivity contribution >= 4 is 38.5 Å². The lowest BCUT2D eigenvalue weighted by Gasteiger charge is -2.22. The van der Waals surface area contributed by atoms with Crippen molar-refractivity contribution < 1.29 is 17.6 Å². The number of hydrogen-bond acceptors (Lipinski definition) is 4. The monoisotopic (exact) mass is 418 g/mol. The largest absolute Gasteiger partial charge is 0.443 e. The van der Waals surface area contributed by atoms with Crippen LogP contribution in [0.1, 0.15) is 18.4 Å². The van der Waals surface area contributed by atoms with E-state index >= 15 is 0 Å². The quantitative estimate of drug-likeness (QED) is 0.687. The number of carbonyl (C=O) groups excluding carboxylic acids is 1. The third-order valence-electron chi connectivity index (χ3n) is 4.83. The van der Waals surface area contributed by atoms with Gasteiger partial charge in [0.1, 0.15) is 11.6 Å². The van der Waals surface area contributed by atoms with E-state index < -0.39 is 16.1 Å². The number of amides is 1. The molecule has 0 unspecified atom stereocenters. The van der Waals surface area contributed by atoms with Gasteiger partial charge in [0.25, 0.3) is 10.0 Å². The van der Waals surface area contributed by atoms with Crippen molar-refractivity contribution in [2.45, 2.75) is 30.5 Å². The predicted molar refractivity (Wildman–Crippen MR) is 106 cm³/mol. The minimum absolute atomic E-state index is 0.136. The Kier molecular flexibility index (Phi) is 5.14. The second-order valence-corrected chi connectivity index (χ2v) is 8.98. The topological polar surface area (TPSA) is 79.6 Å². The first kappa shape index (κ1) is 19.0. The van der Waals surface area contributed by atoms with Gasteiger partial charge in [-0.15, -0.1) is 0 Å². The average Bonchev–Trinajstić information content (AvgIpc) is 3.34. The van der Waals surface area contributed by atoms with Crippen LogP contribution in [-0.2, 0) is 21.4 Å². The number of fused-ring (bicyclic) bond motifs is 1. The van der Waals surface area contributed by atoms with Gasteiger partial charge in [0.2, 0.25) is 11.0 Å². The van der Waals surface area contributed by atoms with Gasteiger partial charge < -0.3 is 9.73 Å². The van der Waals surface area contributed by atoms with Crippen LogP contribution in [0.4, 0.5) is 0 Å². The normalized spacial score (nSPS) is 17.8. The molecule has 1 aliphatic rings. The van der Waals surface area contributed by atoms with E-state index in [1.54, 1.807) is 36.4 Å². The highest BCUT2D eigenvalue weighted by Gasteiger charge is 2.40. The van der Waals surface area contributed by atoms with E-state index in [2.05, 4.69) is 5.32 Å². The van der Waals surface area contributed by atoms with Gasteiger partial charge in [-0.25, -0.2) is 8.42 Å². The molecule has 4 rings (SSSR count). The van der Waals surface area contributed by atoms with E-state index in [-0.39, 0.29) is 24.1 Å². The van der Waals surface area contributed by atoms with E-state index in [1.165, 1.54) is 10.4 Å². The van der Waals surface area contributed by atoms with Gasteiger partial charge in [0.05, 0.1) is 0 Å². The van der Waals surface area contributed by atoms with E-state index in [1.807, 2.05) is 12.1 Å². The van der Waals surface area contributed by atoms with E-state index in [0.29, 0.717) is 28.8 Å². The SMILES string of the molecule is O=C(NCc1cccc(Cl)c1)[C@@H]1CCCN1S(=O)(=O)c1cc2ccccc2o1. The minimum Gasteiger partial charge on any atom is -0.443 e. The number of nitrogens with one attached hydrogen (secondary N) is 1. The number of para-hydroxylation sites is 1. The Hall–Kier alpha value is -2.35. The van der Waals surface area contributed by atoms with Gasteiger partial charge in [-0.3, -0.25) is 4.79 Å². The van der Waals surface area contributed by atoms with E-state index in [0.717, 1.165) is 5.56 Å². The van der Waals surface area contributed by atoms with Crippen LogP contribution >= 0.6 is 11.6 Å². The Morgan fingerprint density at radius 2 is 2.00 bits per heavy atom. The summed E-state index contributed by atoms with van der Waals surface area (Å²) in [6, 6.07) is 15.0. The zero-order valence-electron chi connectivity index (χ0n) is 15.0. The molecule has 1 N–H and O–H groups in total. The fourth-order valence-electron chi connectivity index (χ4n) is 3.44. The number of furan rings is 1. The first-order valence-electron chi connectivity index (χ1n) is 8.98. The smallest absolute Gasteiger partial charge is 0.277 e. The summed E-state index contributed by atoms with van der Waals surface area (Å²) < 4.78 is 32.9. The van der Waals surface area contributed by atoms with Gasteiger partial charge in [-0.2, -0.15) is 4.31 Å². The van der Waals surface area contributed by atoms with Gasteiger partial charge in [-0.1, -0.05) is 41.9 Å².